The Labute approximate surface area is 60.8 Å². The van der Waals surface area contributed by atoms with Crippen LogP contribution in [0.5, 0.6) is 0 Å². The smallest absolute Gasteiger partial charge is 0.227 e. The molecule has 0 radical (unpaired) electrons. The molecule has 0 saturated carbocycles. The molecule has 2 heteroatoms. The van der Waals surface area contributed by atoms with Crippen LogP contribution in [0.1, 0.15) is 12.8 Å². The van der Waals surface area contributed by atoms with E-state index in [2.05, 4.69) is 13.2 Å². The second-order valence-electron chi connectivity index (χ2n) is 2.36. The number of rotatable bonds is 2. The number of amides is 1. The van der Waals surface area contributed by atoms with Gasteiger partial charge in [-0.15, -0.1) is 6.58 Å². The van der Waals surface area contributed by atoms with Gasteiger partial charge in [-0.05, 0) is 6.42 Å². The molecular weight excluding hydrogens is 126 g/mol. The third-order valence-electron chi connectivity index (χ3n) is 1.62. The SMILES string of the molecule is C=CCN1C(=C)CCC1=O. The Kier molecular flexibility index (Phi) is 1.90. The van der Waals surface area contributed by atoms with Crippen LogP contribution in [0, 0.1) is 0 Å². The first-order chi connectivity index (χ1) is 4.75. The van der Waals surface area contributed by atoms with Crippen LogP contribution in [-0.2, 0) is 4.79 Å². The van der Waals surface area contributed by atoms with Crippen molar-refractivity contribution in [1.29, 1.82) is 0 Å². The molecule has 10 heavy (non-hydrogen) atoms. The van der Waals surface area contributed by atoms with E-state index in [0.29, 0.717) is 13.0 Å². The average molecular weight is 137 g/mol. The predicted octanol–water partition coefficient (Wildman–Crippen LogP) is 1.31. The maximum absolute atomic E-state index is 11.0. The summed E-state index contributed by atoms with van der Waals surface area (Å²) in [6, 6.07) is 0. The van der Waals surface area contributed by atoms with Crippen molar-refractivity contribution in [2.24, 2.45) is 0 Å². The Balaban J connectivity index is 2.62. The maximum Gasteiger partial charge on any atom is 0.227 e. The fourth-order valence-electron chi connectivity index (χ4n) is 1.06. The molecule has 0 aliphatic carbocycles. The first kappa shape index (κ1) is 7.06. The van der Waals surface area contributed by atoms with E-state index in [4.69, 9.17) is 0 Å². The molecule has 54 valence electrons. The molecule has 0 bridgehead atoms. The molecule has 1 saturated heterocycles. The molecule has 1 aliphatic rings. The maximum atomic E-state index is 11.0. The van der Waals surface area contributed by atoms with Crippen LogP contribution in [0.4, 0.5) is 0 Å². The molecule has 0 spiro atoms. The second kappa shape index (κ2) is 2.69. The van der Waals surface area contributed by atoms with E-state index in [-0.39, 0.29) is 5.91 Å². The number of carbonyl (C=O) groups is 1. The Bertz CT molecular complexity index is 168. The molecule has 0 atom stereocenters. The molecule has 0 aromatic heterocycles. The van der Waals surface area contributed by atoms with Crippen molar-refractivity contribution in [3.8, 4) is 0 Å². The minimum Gasteiger partial charge on any atom is -0.313 e. The van der Waals surface area contributed by atoms with Gasteiger partial charge in [-0.3, -0.25) is 4.79 Å². The lowest BCUT2D eigenvalue weighted by molar-refractivity contribution is -0.126. The van der Waals surface area contributed by atoms with Gasteiger partial charge >= 0.3 is 0 Å². The minimum atomic E-state index is 0.171. The van der Waals surface area contributed by atoms with Crippen molar-refractivity contribution in [2.75, 3.05) is 6.54 Å². The minimum absolute atomic E-state index is 0.171. The summed E-state index contributed by atoms with van der Waals surface area (Å²) in [4.78, 5) is 12.7. The number of likely N-dealkylation sites (tertiary alicyclic amines) is 1. The first-order valence-corrected chi connectivity index (χ1v) is 3.34. The first-order valence-electron chi connectivity index (χ1n) is 3.34. The fourth-order valence-corrected chi connectivity index (χ4v) is 1.06. The van der Waals surface area contributed by atoms with E-state index < -0.39 is 0 Å². The van der Waals surface area contributed by atoms with Crippen molar-refractivity contribution in [3.63, 3.8) is 0 Å². The Hall–Kier alpha value is -1.05. The van der Waals surface area contributed by atoms with Crippen molar-refractivity contribution in [1.82, 2.24) is 4.90 Å². The third kappa shape index (κ3) is 1.10. The highest BCUT2D eigenvalue weighted by molar-refractivity contribution is 5.81. The van der Waals surface area contributed by atoms with Gasteiger partial charge in [-0.25, -0.2) is 0 Å². The molecule has 1 rings (SSSR count). The normalized spacial score (nSPS) is 18.2. The van der Waals surface area contributed by atoms with Crippen LogP contribution in [0.15, 0.2) is 24.9 Å². The van der Waals surface area contributed by atoms with Crippen LogP contribution < -0.4 is 0 Å². The second-order valence-corrected chi connectivity index (χ2v) is 2.36. The summed E-state index contributed by atoms with van der Waals surface area (Å²) < 4.78 is 0. The molecule has 0 unspecified atom stereocenters. The molecule has 1 fully saturated rings. The molecule has 0 N–H and O–H groups in total. The van der Waals surface area contributed by atoms with Crippen LogP contribution in [0.25, 0.3) is 0 Å². The summed E-state index contributed by atoms with van der Waals surface area (Å²) in [6.07, 6.45) is 3.15. The number of hydrogen-bond acceptors (Lipinski definition) is 1. The van der Waals surface area contributed by atoms with E-state index in [1.165, 1.54) is 0 Å². The van der Waals surface area contributed by atoms with E-state index >= 15 is 0 Å². The Morgan fingerprint density at radius 1 is 1.60 bits per heavy atom. The Morgan fingerprint density at radius 2 is 2.30 bits per heavy atom. The largest absolute Gasteiger partial charge is 0.313 e. The van der Waals surface area contributed by atoms with Gasteiger partial charge in [0.15, 0.2) is 0 Å². The summed E-state index contributed by atoms with van der Waals surface area (Å²) in [7, 11) is 0. The average Bonchev–Trinajstić information content (AvgIpc) is 2.20. The molecule has 1 aliphatic heterocycles. The van der Waals surface area contributed by atoms with Crippen LogP contribution in [0.2, 0.25) is 0 Å². The Morgan fingerprint density at radius 3 is 2.70 bits per heavy atom. The van der Waals surface area contributed by atoms with Gasteiger partial charge in [0.05, 0.1) is 0 Å². The van der Waals surface area contributed by atoms with E-state index in [1.54, 1.807) is 11.0 Å². The number of allylic oxidation sites excluding steroid dienone is 1. The summed E-state index contributed by atoms with van der Waals surface area (Å²) >= 11 is 0. The molecule has 1 heterocycles. The summed E-state index contributed by atoms with van der Waals surface area (Å²) in [6.45, 7) is 7.93. The van der Waals surface area contributed by atoms with Crippen molar-refractivity contribution in [2.45, 2.75) is 12.8 Å². The van der Waals surface area contributed by atoms with Crippen molar-refractivity contribution >= 4 is 5.91 Å². The zero-order chi connectivity index (χ0) is 7.56. The number of hydrogen-bond donors (Lipinski definition) is 0. The molecule has 0 aromatic rings. The van der Waals surface area contributed by atoms with Gasteiger partial charge < -0.3 is 4.90 Å². The van der Waals surface area contributed by atoms with E-state index in [9.17, 15) is 4.79 Å². The van der Waals surface area contributed by atoms with E-state index in [0.717, 1.165) is 12.1 Å². The zero-order valence-electron chi connectivity index (χ0n) is 5.97. The van der Waals surface area contributed by atoms with Gasteiger partial charge in [-0.2, -0.15) is 0 Å². The summed E-state index contributed by atoms with van der Waals surface area (Å²) in [5, 5.41) is 0. The monoisotopic (exact) mass is 137 g/mol. The molecular formula is C8H11NO. The van der Waals surface area contributed by atoms with Gasteiger partial charge in [-0.1, -0.05) is 12.7 Å². The van der Waals surface area contributed by atoms with Crippen LogP contribution >= 0.6 is 0 Å². The van der Waals surface area contributed by atoms with Gasteiger partial charge in [0.1, 0.15) is 0 Å². The lowest BCUT2D eigenvalue weighted by Crippen LogP contribution is -2.22. The summed E-state index contributed by atoms with van der Waals surface area (Å²) in [5.74, 6) is 0.171. The highest BCUT2D eigenvalue weighted by Crippen LogP contribution is 2.19. The van der Waals surface area contributed by atoms with Gasteiger partial charge in [0.25, 0.3) is 0 Å². The lowest BCUT2D eigenvalue weighted by atomic mass is 10.3. The quantitative estimate of drug-likeness (QED) is 0.525. The predicted molar refractivity (Wildman–Crippen MR) is 40.3 cm³/mol. The van der Waals surface area contributed by atoms with E-state index in [1.807, 2.05) is 0 Å². The molecule has 2 nitrogen and oxygen atoms in total. The fraction of sp³-hybridized carbons (Fsp3) is 0.375. The van der Waals surface area contributed by atoms with Crippen molar-refractivity contribution in [3.05, 3.63) is 24.9 Å². The number of nitrogens with zero attached hydrogens (tertiary/aromatic N) is 1. The highest BCUT2D eigenvalue weighted by atomic mass is 16.2. The number of carbonyl (C=O) groups excluding carboxylic acids is 1. The van der Waals surface area contributed by atoms with Crippen LogP contribution in [0.3, 0.4) is 0 Å². The lowest BCUT2D eigenvalue weighted by Gasteiger charge is -2.13. The zero-order valence-corrected chi connectivity index (χ0v) is 5.97. The topological polar surface area (TPSA) is 20.3 Å². The molecule has 0 aromatic carbocycles. The van der Waals surface area contributed by atoms with Crippen LogP contribution in [-0.4, -0.2) is 17.4 Å². The summed E-state index contributed by atoms with van der Waals surface area (Å²) in [5.41, 5.74) is 0.921. The third-order valence-corrected chi connectivity index (χ3v) is 1.62. The van der Waals surface area contributed by atoms with Gasteiger partial charge in [0.2, 0.25) is 5.91 Å². The van der Waals surface area contributed by atoms with Gasteiger partial charge in [0, 0.05) is 18.7 Å². The highest BCUT2D eigenvalue weighted by Gasteiger charge is 2.21. The standard InChI is InChI=1S/C8H11NO/c1-3-6-9-7(2)4-5-8(9)10/h3H,1-2,4-6H2. The molecule has 1 amide bonds. The van der Waals surface area contributed by atoms with Crippen molar-refractivity contribution < 1.29 is 4.79 Å².